The fourth-order valence-corrected chi connectivity index (χ4v) is 4.04. The van der Waals surface area contributed by atoms with Crippen LogP contribution in [0.25, 0.3) is 0 Å². The molecular formula is C19H24N6O4S. The maximum absolute atomic E-state index is 12.5. The number of amides is 2. The van der Waals surface area contributed by atoms with Gasteiger partial charge in [-0.15, -0.1) is 4.36 Å². The van der Waals surface area contributed by atoms with E-state index in [1.807, 2.05) is 4.90 Å². The molecule has 0 aliphatic carbocycles. The Kier molecular flexibility index (Phi) is 6.75. The number of benzene rings is 1. The van der Waals surface area contributed by atoms with Crippen molar-refractivity contribution in [3.8, 4) is 0 Å². The lowest BCUT2D eigenvalue weighted by Gasteiger charge is -2.29. The van der Waals surface area contributed by atoms with Gasteiger partial charge in [-0.25, -0.2) is 14.2 Å². The van der Waals surface area contributed by atoms with Crippen molar-refractivity contribution >= 4 is 33.5 Å². The summed E-state index contributed by atoms with van der Waals surface area (Å²) in [4.78, 5) is 33.4. The van der Waals surface area contributed by atoms with E-state index in [4.69, 9.17) is 5.73 Å². The van der Waals surface area contributed by atoms with Gasteiger partial charge in [0.2, 0.25) is 11.8 Å². The number of aromatic nitrogens is 2. The molecule has 1 aliphatic rings. The van der Waals surface area contributed by atoms with Gasteiger partial charge >= 0.3 is 0 Å². The van der Waals surface area contributed by atoms with Crippen molar-refractivity contribution in [1.29, 1.82) is 0 Å². The van der Waals surface area contributed by atoms with Crippen LogP contribution in [0.1, 0.15) is 18.5 Å². The van der Waals surface area contributed by atoms with Crippen molar-refractivity contribution in [2.24, 2.45) is 16.0 Å². The second kappa shape index (κ2) is 9.28. The molecule has 0 bridgehead atoms. The number of nitrogens with two attached hydrogens (primary N) is 1. The molecule has 2 amide bonds. The number of aryl methyl sites for hydroxylation is 1. The maximum Gasteiger partial charge on any atom is 0.260 e. The number of rotatable bonds is 6. The van der Waals surface area contributed by atoms with Crippen LogP contribution in [0, 0.1) is 12.8 Å². The van der Waals surface area contributed by atoms with Crippen LogP contribution in [-0.4, -0.2) is 55.1 Å². The Balaban J connectivity index is 1.60. The summed E-state index contributed by atoms with van der Waals surface area (Å²) in [6.07, 6.45) is 2.76. The predicted molar refractivity (Wildman–Crippen MR) is 111 cm³/mol. The number of anilines is 1. The summed E-state index contributed by atoms with van der Waals surface area (Å²) in [5, 5.41) is 2.76. The van der Waals surface area contributed by atoms with Crippen LogP contribution in [0.4, 0.5) is 11.6 Å². The molecule has 1 aromatic heterocycles. The average molecular weight is 433 g/mol. The van der Waals surface area contributed by atoms with Crippen molar-refractivity contribution in [2.75, 3.05) is 25.0 Å². The molecule has 1 fully saturated rings. The molecule has 10 nitrogen and oxygen atoms in total. The van der Waals surface area contributed by atoms with Crippen LogP contribution in [0.2, 0.25) is 0 Å². The van der Waals surface area contributed by atoms with Gasteiger partial charge in [0.1, 0.15) is 0 Å². The molecule has 11 heteroatoms. The Bertz CT molecular complexity index is 1040. The summed E-state index contributed by atoms with van der Waals surface area (Å²) in [6, 6.07) is 7.59. The fraction of sp³-hybridized carbons (Fsp3) is 0.368. The van der Waals surface area contributed by atoms with E-state index < -0.39 is 10.0 Å². The highest BCUT2D eigenvalue weighted by Gasteiger charge is 2.24. The Hall–Kier alpha value is -2.89. The topological polar surface area (TPSA) is 151 Å². The number of carbonyl (C=O) groups is 2. The molecule has 0 radical (unpaired) electrons. The minimum atomic E-state index is -3.72. The summed E-state index contributed by atoms with van der Waals surface area (Å²) >= 11 is 0. The molecule has 1 aromatic carbocycles. The van der Waals surface area contributed by atoms with Gasteiger partial charge in [0.15, 0.2) is 10.0 Å². The van der Waals surface area contributed by atoms with E-state index in [0.29, 0.717) is 37.3 Å². The molecule has 1 saturated heterocycles. The van der Waals surface area contributed by atoms with Crippen LogP contribution >= 0.6 is 0 Å². The Morgan fingerprint density at radius 1 is 1.27 bits per heavy atom. The molecule has 1 aliphatic heterocycles. The second-order valence-corrected chi connectivity index (χ2v) is 8.76. The van der Waals surface area contributed by atoms with Crippen molar-refractivity contribution in [1.82, 2.24) is 14.9 Å². The first-order valence-corrected chi connectivity index (χ1v) is 10.9. The van der Waals surface area contributed by atoms with Gasteiger partial charge in [-0.05, 0) is 63.2 Å². The molecule has 160 valence electrons. The number of likely N-dealkylation sites (tertiary alicyclic amines) is 1. The molecule has 4 N–H and O–H groups in total. The lowest BCUT2D eigenvalue weighted by Crippen LogP contribution is -2.42. The largest absolute Gasteiger partial charge is 0.369 e. The number of nitrogens with zero attached hydrogens (tertiary/aromatic N) is 4. The van der Waals surface area contributed by atoms with E-state index in [1.165, 1.54) is 30.5 Å². The average Bonchev–Trinajstić information content (AvgIpc) is 2.68. The molecule has 0 saturated carbocycles. The van der Waals surface area contributed by atoms with E-state index in [0.717, 1.165) is 0 Å². The SMILES string of the molecule is Cc1ccnc(N=S(=O)(O)c2ccc(NC(=O)CN3CCC(C(N)=O)CC3)cc2)n1. The van der Waals surface area contributed by atoms with Crippen molar-refractivity contribution in [3.05, 3.63) is 42.2 Å². The first-order chi connectivity index (χ1) is 14.2. The quantitative estimate of drug-likeness (QED) is 0.626. The number of hydrogen-bond donors (Lipinski definition) is 3. The summed E-state index contributed by atoms with van der Waals surface area (Å²) in [7, 11) is -3.72. The van der Waals surface area contributed by atoms with Crippen LogP contribution in [0.15, 0.2) is 45.8 Å². The fourth-order valence-electron chi connectivity index (χ4n) is 3.14. The zero-order chi connectivity index (χ0) is 21.7. The number of nitrogens with one attached hydrogen (secondary N) is 1. The number of hydrogen-bond acceptors (Lipinski definition) is 7. The van der Waals surface area contributed by atoms with Gasteiger partial charge in [0.05, 0.1) is 11.4 Å². The van der Waals surface area contributed by atoms with Crippen LogP contribution in [0.5, 0.6) is 0 Å². The van der Waals surface area contributed by atoms with Gasteiger partial charge in [0, 0.05) is 23.5 Å². The van der Waals surface area contributed by atoms with Crippen LogP contribution in [0.3, 0.4) is 0 Å². The summed E-state index contributed by atoms with van der Waals surface area (Å²) in [5.74, 6) is -0.691. The molecule has 1 atom stereocenters. The monoisotopic (exact) mass is 432 g/mol. The zero-order valence-corrected chi connectivity index (χ0v) is 17.3. The molecule has 2 aromatic rings. The molecule has 0 spiro atoms. The third-order valence-electron chi connectivity index (χ3n) is 4.79. The normalized spacial score (nSPS) is 17.1. The minimum absolute atomic E-state index is 0.0695. The Morgan fingerprint density at radius 3 is 2.53 bits per heavy atom. The third kappa shape index (κ3) is 5.81. The molecule has 3 rings (SSSR count). The van der Waals surface area contributed by atoms with E-state index in [2.05, 4.69) is 19.6 Å². The number of primary amides is 1. The van der Waals surface area contributed by atoms with Crippen LogP contribution in [-0.2, 0) is 19.6 Å². The van der Waals surface area contributed by atoms with E-state index in [-0.39, 0.29) is 35.1 Å². The zero-order valence-electron chi connectivity index (χ0n) is 16.5. The lowest BCUT2D eigenvalue weighted by molar-refractivity contribution is -0.123. The highest BCUT2D eigenvalue weighted by atomic mass is 32.2. The van der Waals surface area contributed by atoms with Gasteiger partial charge < -0.3 is 11.1 Å². The summed E-state index contributed by atoms with van der Waals surface area (Å²) < 4.78 is 26.5. The third-order valence-corrected chi connectivity index (χ3v) is 6.09. The maximum atomic E-state index is 12.5. The minimum Gasteiger partial charge on any atom is -0.369 e. The highest BCUT2D eigenvalue weighted by molar-refractivity contribution is 7.88. The second-order valence-electron chi connectivity index (χ2n) is 7.11. The van der Waals surface area contributed by atoms with Crippen molar-refractivity contribution < 1.29 is 18.4 Å². The van der Waals surface area contributed by atoms with E-state index in [9.17, 15) is 18.4 Å². The van der Waals surface area contributed by atoms with Gasteiger partial charge in [0.25, 0.3) is 5.95 Å². The molecule has 30 heavy (non-hydrogen) atoms. The Labute approximate surface area is 174 Å². The first-order valence-electron chi connectivity index (χ1n) is 9.44. The first kappa shape index (κ1) is 21.8. The standard InChI is InChI=1S/C19H24N6O4S/c1-13-6-9-21-19(22-13)24-30(28,29)16-4-2-15(3-5-16)23-17(26)12-25-10-7-14(8-11-25)18(20)27/h2-6,9,14H,7-8,10-12H2,1H3,(H2,20,27)(H,23,26)(H,21,22,24,28,29). The number of piperidine rings is 1. The van der Waals surface area contributed by atoms with Crippen molar-refractivity contribution in [2.45, 2.75) is 24.7 Å². The summed E-state index contributed by atoms with van der Waals surface area (Å²) in [6.45, 7) is 3.20. The number of carbonyl (C=O) groups excluding carboxylic acids is 2. The van der Waals surface area contributed by atoms with E-state index in [1.54, 1.807) is 13.0 Å². The summed E-state index contributed by atoms with van der Waals surface area (Å²) in [5.41, 5.74) is 6.45. The van der Waals surface area contributed by atoms with Crippen LogP contribution < -0.4 is 11.1 Å². The van der Waals surface area contributed by atoms with E-state index >= 15 is 0 Å². The molecular weight excluding hydrogens is 408 g/mol. The Morgan fingerprint density at radius 2 is 1.93 bits per heavy atom. The molecule has 2 heterocycles. The van der Waals surface area contributed by atoms with Gasteiger partial charge in [-0.3, -0.25) is 19.0 Å². The highest BCUT2D eigenvalue weighted by Crippen LogP contribution is 2.19. The van der Waals surface area contributed by atoms with Crippen molar-refractivity contribution in [3.63, 3.8) is 0 Å². The lowest BCUT2D eigenvalue weighted by atomic mass is 9.96. The predicted octanol–water partition coefficient (Wildman–Crippen LogP) is 1.55. The van der Waals surface area contributed by atoms with Gasteiger partial charge in [-0.2, -0.15) is 0 Å². The molecule has 1 unspecified atom stereocenters. The van der Waals surface area contributed by atoms with Gasteiger partial charge in [-0.1, -0.05) is 0 Å². The smallest absolute Gasteiger partial charge is 0.260 e.